The summed E-state index contributed by atoms with van der Waals surface area (Å²) in [5.41, 5.74) is 2.62. The molecule has 0 spiro atoms. The highest BCUT2D eigenvalue weighted by atomic mass is 35.5. The third-order valence-electron chi connectivity index (χ3n) is 4.21. The highest BCUT2D eigenvalue weighted by molar-refractivity contribution is 5.85. The van der Waals surface area contributed by atoms with Crippen LogP contribution in [-0.2, 0) is 17.8 Å². The van der Waals surface area contributed by atoms with Crippen molar-refractivity contribution in [3.05, 3.63) is 35.4 Å². The number of hydrogen-bond acceptors (Lipinski definition) is 2. The van der Waals surface area contributed by atoms with Crippen LogP contribution in [0.5, 0.6) is 0 Å². The lowest BCUT2D eigenvalue weighted by Gasteiger charge is -2.25. The van der Waals surface area contributed by atoms with Gasteiger partial charge in [-0.1, -0.05) is 31.2 Å². The van der Waals surface area contributed by atoms with E-state index in [9.17, 15) is 4.79 Å². The quantitative estimate of drug-likeness (QED) is 0.888. The molecule has 1 fully saturated rings. The van der Waals surface area contributed by atoms with Crippen molar-refractivity contribution in [2.75, 3.05) is 6.54 Å². The Bertz CT molecular complexity index is 463. The van der Waals surface area contributed by atoms with Crippen molar-refractivity contribution in [1.82, 2.24) is 10.6 Å². The average molecular weight is 281 g/mol. The van der Waals surface area contributed by atoms with Crippen molar-refractivity contribution in [1.29, 1.82) is 0 Å². The first-order valence-corrected chi connectivity index (χ1v) is 6.82. The van der Waals surface area contributed by atoms with Crippen LogP contribution in [0, 0.1) is 11.8 Å². The largest absolute Gasteiger partial charge is 0.354 e. The van der Waals surface area contributed by atoms with E-state index in [1.54, 1.807) is 0 Å². The Labute approximate surface area is 120 Å². The maximum atomic E-state index is 12.1. The molecular formula is C15H21ClN2O. The first-order chi connectivity index (χ1) is 8.74. The van der Waals surface area contributed by atoms with Crippen molar-refractivity contribution in [3.8, 4) is 0 Å². The van der Waals surface area contributed by atoms with Gasteiger partial charge in [0.25, 0.3) is 0 Å². The smallest absolute Gasteiger partial charge is 0.237 e. The van der Waals surface area contributed by atoms with Gasteiger partial charge in [-0.15, -0.1) is 12.4 Å². The van der Waals surface area contributed by atoms with E-state index in [-0.39, 0.29) is 24.4 Å². The Balaban J connectivity index is 0.00000133. The number of rotatable bonds is 3. The molecule has 3 atom stereocenters. The number of nitrogens with one attached hydrogen (secondary N) is 2. The lowest BCUT2D eigenvalue weighted by atomic mass is 9.95. The van der Waals surface area contributed by atoms with Gasteiger partial charge in [-0.25, -0.2) is 0 Å². The Morgan fingerprint density at radius 3 is 2.74 bits per heavy atom. The van der Waals surface area contributed by atoms with Crippen molar-refractivity contribution in [2.45, 2.75) is 32.4 Å². The Morgan fingerprint density at radius 2 is 2.05 bits per heavy atom. The third-order valence-corrected chi connectivity index (χ3v) is 4.21. The summed E-state index contributed by atoms with van der Waals surface area (Å²) >= 11 is 0. The molecule has 0 radical (unpaired) electrons. The van der Waals surface area contributed by atoms with Crippen molar-refractivity contribution in [2.24, 2.45) is 11.8 Å². The van der Waals surface area contributed by atoms with Gasteiger partial charge in [0.05, 0.1) is 6.04 Å². The zero-order chi connectivity index (χ0) is 12.5. The van der Waals surface area contributed by atoms with Crippen LogP contribution in [0.4, 0.5) is 0 Å². The molecule has 3 nitrogen and oxygen atoms in total. The van der Waals surface area contributed by atoms with Crippen LogP contribution in [0.25, 0.3) is 0 Å². The number of hydrogen-bond donors (Lipinski definition) is 2. The van der Waals surface area contributed by atoms with Gasteiger partial charge >= 0.3 is 0 Å². The lowest BCUT2D eigenvalue weighted by Crippen LogP contribution is -2.48. The molecule has 0 saturated heterocycles. The Kier molecular flexibility index (Phi) is 4.48. The summed E-state index contributed by atoms with van der Waals surface area (Å²) in [6.07, 6.45) is 2.07. The molecule has 104 valence electrons. The molecule has 0 bridgehead atoms. The van der Waals surface area contributed by atoms with E-state index >= 15 is 0 Å². The number of fused-ring (bicyclic) bond motifs is 1. The van der Waals surface area contributed by atoms with Crippen LogP contribution < -0.4 is 10.6 Å². The van der Waals surface area contributed by atoms with Crippen molar-refractivity contribution < 1.29 is 4.79 Å². The maximum absolute atomic E-state index is 12.1. The highest BCUT2D eigenvalue weighted by Gasteiger charge is 2.33. The molecule has 1 saturated carbocycles. The predicted molar refractivity (Wildman–Crippen MR) is 78.3 cm³/mol. The van der Waals surface area contributed by atoms with Crippen LogP contribution in [0.1, 0.15) is 24.5 Å². The molecule has 1 aliphatic carbocycles. The molecule has 2 N–H and O–H groups in total. The van der Waals surface area contributed by atoms with Crippen LogP contribution in [0.3, 0.4) is 0 Å². The van der Waals surface area contributed by atoms with Crippen molar-refractivity contribution >= 4 is 18.3 Å². The van der Waals surface area contributed by atoms with Crippen LogP contribution in [-0.4, -0.2) is 18.5 Å². The van der Waals surface area contributed by atoms with Gasteiger partial charge < -0.3 is 10.6 Å². The minimum atomic E-state index is -0.0612. The molecular weight excluding hydrogens is 260 g/mol. The maximum Gasteiger partial charge on any atom is 0.237 e. The summed E-state index contributed by atoms with van der Waals surface area (Å²) in [5.74, 6) is 1.67. The summed E-state index contributed by atoms with van der Waals surface area (Å²) in [7, 11) is 0. The van der Waals surface area contributed by atoms with Gasteiger partial charge in [-0.3, -0.25) is 4.79 Å². The van der Waals surface area contributed by atoms with E-state index in [4.69, 9.17) is 0 Å². The molecule has 4 heteroatoms. The predicted octanol–water partition coefficient (Wildman–Crippen LogP) is 1.89. The summed E-state index contributed by atoms with van der Waals surface area (Å²) in [6.45, 7) is 3.89. The first kappa shape index (κ1) is 14.4. The van der Waals surface area contributed by atoms with Crippen LogP contribution >= 0.6 is 12.4 Å². The molecule has 3 unspecified atom stereocenters. The topological polar surface area (TPSA) is 41.1 Å². The minimum Gasteiger partial charge on any atom is -0.354 e. The molecule has 19 heavy (non-hydrogen) atoms. The summed E-state index contributed by atoms with van der Waals surface area (Å²) in [5, 5.41) is 6.39. The van der Waals surface area contributed by atoms with Crippen molar-refractivity contribution in [3.63, 3.8) is 0 Å². The molecule has 1 heterocycles. The van der Waals surface area contributed by atoms with E-state index in [0.717, 1.165) is 25.4 Å². The lowest BCUT2D eigenvalue weighted by molar-refractivity contribution is -0.123. The SMILES string of the molecule is CC1CC1CNC(=O)C1Cc2ccccc2CN1.Cl. The summed E-state index contributed by atoms with van der Waals surface area (Å²) < 4.78 is 0. The van der Waals surface area contributed by atoms with Gasteiger partial charge in [-0.05, 0) is 35.8 Å². The van der Waals surface area contributed by atoms with E-state index in [1.165, 1.54) is 17.5 Å². The number of halogens is 1. The standard InChI is InChI=1S/C15H20N2O.ClH/c1-10-6-13(10)9-17-15(18)14-7-11-4-2-3-5-12(11)8-16-14;/h2-5,10,13-14,16H,6-9H2,1H3,(H,17,18);1H. The zero-order valence-corrected chi connectivity index (χ0v) is 12.0. The van der Waals surface area contributed by atoms with E-state index in [0.29, 0.717) is 5.92 Å². The molecule has 1 aromatic rings. The number of benzene rings is 1. The molecule has 2 aliphatic rings. The zero-order valence-electron chi connectivity index (χ0n) is 11.2. The fourth-order valence-corrected chi connectivity index (χ4v) is 2.68. The van der Waals surface area contributed by atoms with E-state index < -0.39 is 0 Å². The second-order valence-electron chi connectivity index (χ2n) is 5.62. The normalized spacial score (nSPS) is 27.9. The van der Waals surface area contributed by atoms with Gasteiger partial charge in [0.15, 0.2) is 0 Å². The monoisotopic (exact) mass is 280 g/mol. The fraction of sp³-hybridized carbons (Fsp3) is 0.533. The van der Waals surface area contributed by atoms with Crippen LogP contribution in [0.2, 0.25) is 0 Å². The second-order valence-corrected chi connectivity index (χ2v) is 5.62. The van der Waals surface area contributed by atoms with Gasteiger partial charge in [0, 0.05) is 13.1 Å². The fourth-order valence-electron chi connectivity index (χ4n) is 2.68. The van der Waals surface area contributed by atoms with Gasteiger partial charge in [0.1, 0.15) is 0 Å². The van der Waals surface area contributed by atoms with Gasteiger partial charge in [-0.2, -0.15) is 0 Å². The van der Waals surface area contributed by atoms with Gasteiger partial charge in [0.2, 0.25) is 5.91 Å². The third kappa shape index (κ3) is 3.28. The molecule has 3 rings (SSSR count). The van der Waals surface area contributed by atoms with Crippen LogP contribution in [0.15, 0.2) is 24.3 Å². The molecule has 1 aliphatic heterocycles. The second kappa shape index (κ2) is 5.93. The Hall–Kier alpha value is -1.06. The van der Waals surface area contributed by atoms with E-state index in [2.05, 4.69) is 35.8 Å². The summed E-state index contributed by atoms with van der Waals surface area (Å²) in [4.78, 5) is 12.1. The average Bonchev–Trinajstić information content (AvgIpc) is 3.11. The number of carbonyl (C=O) groups excluding carboxylic acids is 1. The molecule has 1 aromatic carbocycles. The highest BCUT2D eigenvalue weighted by Crippen LogP contribution is 2.36. The number of amides is 1. The summed E-state index contributed by atoms with van der Waals surface area (Å²) in [6, 6.07) is 8.29. The molecule has 0 aromatic heterocycles. The first-order valence-electron chi connectivity index (χ1n) is 6.82. The minimum absolute atomic E-state index is 0. The number of carbonyl (C=O) groups is 1. The van der Waals surface area contributed by atoms with E-state index in [1.807, 2.05) is 6.07 Å². The Morgan fingerprint density at radius 1 is 1.37 bits per heavy atom. The molecule has 1 amide bonds.